The van der Waals surface area contributed by atoms with E-state index < -0.39 is 0 Å². The fourth-order valence-corrected chi connectivity index (χ4v) is 0.958. The summed E-state index contributed by atoms with van der Waals surface area (Å²) in [4.78, 5) is 4.10. The van der Waals surface area contributed by atoms with E-state index in [1.807, 2.05) is 0 Å². The van der Waals surface area contributed by atoms with Gasteiger partial charge in [-0.2, -0.15) is 0 Å². The van der Waals surface area contributed by atoms with E-state index in [0.717, 1.165) is 12.1 Å². The maximum atomic E-state index is 5.65. The Morgan fingerprint density at radius 3 is 2.73 bits per heavy atom. The molecule has 0 aliphatic rings. The summed E-state index contributed by atoms with van der Waals surface area (Å²) < 4.78 is 1.35. The molecule has 0 amide bonds. The molecule has 0 radical (unpaired) electrons. The molecule has 0 spiro atoms. The summed E-state index contributed by atoms with van der Waals surface area (Å²) in [7, 11) is 0. The van der Waals surface area contributed by atoms with Gasteiger partial charge in [0.25, 0.3) is 0 Å². The van der Waals surface area contributed by atoms with Gasteiger partial charge in [-0.1, -0.05) is 13.8 Å². The van der Waals surface area contributed by atoms with Gasteiger partial charge in [0.05, 0.1) is 5.69 Å². The predicted octanol–water partition coefficient (Wildman–Crippen LogP) is 0.693. The van der Waals surface area contributed by atoms with Gasteiger partial charge in [-0.05, 0) is 6.42 Å². The van der Waals surface area contributed by atoms with Crippen LogP contribution in [0.25, 0.3) is 0 Å². The Morgan fingerprint density at radius 1 is 1.73 bits per heavy atom. The summed E-state index contributed by atoms with van der Waals surface area (Å²) in [6.45, 7) is 4.18. The number of hydrogen-bond donors (Lipinski definition) is 2. The third-order valence-corrected chi connectivity index (χ3v) is 1.94. The number of nitrogens with zero attached hydrogens (tertiary/aromatic N) is 2. The molecule has 11 heavy (non-hydrogen) atoms. The summed E-state index contributed by atoms with van der Waals surface area (Å²) in [5.41, 5.74) is 6.55. The lowest BCUT2D eigenvalue weighted by Crippen LogP contribution is -2.11. The highest BCUT2D eigenvalue weighted by molar-refractivity contribution is 5.38. The molecule has 0 aromatic carbocycles. The van der Waals surface area contributed by atoms with Gasteiger partial charge in [0.1, 0.15) is 12.1 Å². The fraction of sp³-hybridized carbons (Fsp3) is 0.571. The number of aromatic nitrogens is 2. The first-order valence-corrected chi connectivity index (χ1v) is 3.74. The van der Waals surface area contributed by atoms with Gasteiger partial charge >= 0.3 is 0 Å². The summed E-state index contributed by atoms with van der Waals surface area (Å²) in [5.74, 6) is 6.42. The van der Waals surface area contributed by atoms with Gasteiger partial charge in [-0.15, -0.1) is 0 Å². The van der Waals surface area contributed by atoms with E-state index in [1.54, 1.807) is 0 Å². The maximum Gasteiger partial charge on any atom is 0.145 e. The molecule has 1 aromatic rings. The Bertz CT molecular complexity index is 241. The lowest BCUT2D eigenvalue weighted by molar-refractivity contribution is 0.715. The van der Waals surface area contributed by atoms with E-state index in [4.69, 9.17) is 11.6 Å². The van der Waals surface area contributed by atoms with E-state index in [2.05, 4.69) is 18.8 Å². The first-order valence-electron chi connectivity index (χ1n) is 3.74. The number of nitrogen functional groups attached to an aromatic ring is 2. The van der Waals surface area contributed by atoms with Crippen molar-refractivity contribution in [2.75, 3.05) is 11.6 Å². The quantitative estimate of drug-likeness (QED) is 0.616. The van der Waals surface area contributed by atoms with Crippen LogP contribution >= 0.6 is 0 Å². The minimum atomic E-state index is 0.389. The molecule has 4 heteroatoms. The Balaban J connectivity index is 2.94. The molecule has 1 aromatic heterocycles. The molecule has 0 aliphatic heterocycles. The number of rotatable bonds is 2. The molecule has 0 aliphatic carbocycles. The lowest BCUT2D eigenvalue weighted by atomic mass is 10.1. The Hall–Kier alpha value is -1.19. The Kier molecular flexibility index (Phi) is 2.03. The molecule has 4 nitrogen and oxygen atoms in total. The van der Waals surface area contributed by atoms with Crippen molar-refractivity contribution in [1.82, 2.24) is 9.66 Å². The van der Waals surface area contributed by atoms with E-state index >= 15 is 0 Å². The molecule has 0 saturated carbocycles. The highest BCUT2D eigenvalue weighted by Gasteiger charge is 2.11. The van der Waals surface area contributed by atoms with Crippen LogP contribution < -0.4 is 11.6 Å². The monoisotopic (exact) mass is 154 g/mol. The van der Waals surface area contributed by atoms with E-state index in [-0.39, 0.29) is 0 Å². The summed E-state index contributed by atoms with van der Waals surface area (Å²) in [5, 5.41) is 0. The molecule has 0 bridgehead atoms. The standard InChI is InChI=1S/C7H14N4/c1-3-5(2)6-7(8)11(9)4-10-6/h4-5H,3,8-9H2,1-2H3. The Labute approximate surface area is 66.2 Å². The van der Waals surface area contributed by atoms with Gasteiger partial charge < -0.3 is 11.6 Å². The number of nitrogens with two attached hydrogens (primary N) is 2. The minimum Gasteiger partial charge on any atom is -0.382 e. The highest BCUT2D eigenvalue weighted by Crippen LogP contribution is 2.21. The van der Waals surface area contributed by atoms with Crippen LogP contribution in [0.3, 0.4) is 0 Å². The minimum absolute atomic E-state index is 0.389. The van der Waals surface area contributed by atoms with Crippen LogP contribution in [0.5, 0.6) is 0 Å². The zero-order valence-corrected chi connectivity index (χ0v) is 6.91. The van der Waals surface area contributed by atoms with Gasteiger partial charge in [-0.25, -0.2) is 9.66 Å². The molecule has 0 saturated heterocycles. The molecule has 62 valence electrons. The SMILES string of the molecule is CCC(C)c1ncn(N)c1N. The largest absolute Gasteiger partial charge is 0.382 e. The molecule has 0 fully saturated rings. The van der Waals surface area contributed by atoms with Crippen molar-refractivity contribution in [3.05, 3.63) is 12.0 Å². The zero-order chi connectivity index (χ0) is 8.43. The van der Waals surface area contributed by atoms with Gasteiger partial charge in [-0.3, -0.25) is 0 Å². The molecule has 4 N–H and O–H groups in total. The van der Waals surface area contributed by atoms with Crippen molar-refractivity contribution in [2.24, 2.45) is 0 Å². The number of anilines is 1. The van der Waals surface area contributed by atoms with Crippen molar-refractivity contribution >= 4 is 5.82 Å². The van der Waals surface area contributed by atoms with Crippen LogP contribution in [0.2, 0.25) is 0 Å². The van der Waals surface area contributed by atoms with Crippen LogP contribution in [0.15, 0.2) is 6.33 Å². The Morgan fingerprint density at radius 2 is 2.36 bits per heavy atom. The van der Waals surface area contributed by atoms with E-state index in [9.17, 15) is 0 Å². The third kappa shape index (κ3) is 1.29. The first-order chi connectivity index (χ1) is 5.16. The second kappa shape index (κ2) is 2.82. The maximum absolute atomic E-state index is 5.65. The molecule has 1 atom stereocenters. The van der Waals surface area contributed by atoms with Crippen molar-refractivity contribution in [3.63, 3.8) is 0 Å². The zero-order valence-electron chi connectivity index (χ0n) is 6.91. The van der Waals surface area contributed by atoms with Crippen molar-refractivity contribution in [3.8, 4) is 0 Å². The van der Waals surface area contributed by atoms with Crippen LogP contribution in [0.1, 0.15) is 31.9 Å². The predicted molar refractivity (Wildman–Crippen MR) is 45.5 cm³/mol. The van der Waals surface area contributed by atoms with Crippen LogP contribution in [0, 0.1) is 0 Å². The molecular formula is C7H14N4. The highest BCUT2D eigenvalue weighted by atomic mass is 15.3. The molecule has 1 rings (SSSR count). The molecule has 1 unspecified atom stereocenters. The van der Waals surface area contributed by atoms with Gasteiger partial charge in [0.2, 0.25) is 0 Å². The average molecular weight is 154 g/mol. The van der Waals surface area contributed by atoms with E-state index in [0.29, 0.717) is 11.7 Å². The second-order valence-corrected chi connectivity index (χ2v) is 2.73. The number of hydrogen-bond acceptors (Lipinski definition) is 3. The smallest absolute Gasteiger partial charge is 0.145 e. The summed E-state index contributed by atoms with van der Waals surface area (Å²) >= 11 is 0. The second-order valence-electron chi connectivity index (χ2n) is 2.73. The first kappa shape index (κ1) is 7.91. The van der Waals surface area contributed by atoms with Crippen molar-refractivity contribution < 1.29 is 0 Å². The van der Waals surface area contributed by atoms with Crippen LogP contribution in [0.4, 0.5) is 5.82 Å². The van der Waals surface area contributed by atoms with Crippen LogP contribution in [-0.4, -0.2) is 9.66 Å². The van der Waals surface area contributed by atoms with E-state index in [1.165, 1.54) is 11.0 Å². The third-order valence-electron chi connectivity index (χ3n) is 1.94. The molecule has 1 heterocycles. The lowest BCUT2D eigenvalue weighted by Gasteiger charge is -2.05. The average Bonchev–Trinajstić information content (AvgIpc) is 2.32. The summed E-state index contributed by atoms with van der Waals surface area (Å²) in [6, 6.07) is 0. The fourth-order valence-electron chi connectivity index (χ4n) is 0.958. The van der Waals surface area contributed by atoms with Crippen molar-refractivity contribution in [1.29, 1.82) is 0 Å². The number of imidazole rings is 1. The summed E-state index contributed by atoms with van der Waals surface area (Å²) in [6.07, 6.45) is 2.57. The van der Waals surface area contributed by atoms with Gasteiger partial charge in [0, 0.05) is 5.92 Å². The molecular weight excluding hydrogens is 140 g/mol. The van der Waals surface area contributed by atoms with Gasteiger partial charge in [0.15, 0.2) is 0 Å². The normalized spacial score (nSPS) is 13.3. The van der Waals surface area contributed by atoms with Crippen molar-refractivity contribution in [2.45, 2.75) is 26.2 Å². The van der Waals surface area contributed by atoms with Crippen LogP contribution in [-0.2, 0) is 0 Å². The topological polar surface area (TPSA) is 69.9 Å².